The van der Waals surface area contributed by atoms with Crippen LogP contribution in [0.15, 0.2) is 36.5 Å². The minimum Gasteiger partial charge on any atom is -0.394 e. The molecule has 0 radical (unpaired) electrons. The summed E-state index contributed by atoms with van der Waals surface area (Å²) in [7, 11) is 0. The van der Waals surface area contributed by atoms with Gasteiger partial charge >= 0.3 is 0 Å². The molecule has 17 atom stereocenters. The Kier molecular flexibility index (Phi) is 56.4. The molecule has 0 spiro atoms. The molecule has 3 rings (SSSR count). The Labute approximate surface area is 600 Å². The Hall–Kier alpha value is -1.99. The third kappa shape index (κ3) is 41.5. The molecule has 3 saturated heterocycles. The normalized spacial score (nSPS) is 26.7. The van der Waals surface area contributed by atoms with Crippen molar-refractivity contribution < 1.29 is 89.4 Å². The van der Waals surface area contributed by atoms with Gasteiger partial charge in [-0.3, -0.25) is 4.79 Å². The molecular formula is C80H149NO18. The van der Waals surface area contributed by atoms with Crippen molar-refractivity contribution in [2.24, 2.45) is 0 Å². The lowest BCUT2D eigenvalue weighted by molar-refractivity contribution is -0.379. The van der Waals surface area contributed by atoms with E-state index < -0.39 is 124 Å². The van der Waals surface area contributed by atoms with Crippen LogP contribution in [0.3, 0.4) is 0 Å². The van der Waals surface area contributed by atoms with Crippen LogP contribution < -0.4 is 5.32 Å². The largest absolute Gasteiger partial charge is 0.394 e. The minimum absolute atomic E-state index is 0.239. The van der Waals surface area contributed by atoms with E-state index in [1.165, 1.54) is 263 Å². The number of ether oxygens (including phenoxy) is 6. The number of hydrogen-bond acceptors (Lipinski definition) is 18. The lowest BCUT2D eigenvalue weighted by Gasteiger charge is -2.48. The van der Waals surface area contributed by atoms with Crippen molar-refractivity contribution in [2.75, 3.05) is 26.4 Å². The number of carbonyl (C=O) groups is 1. The number of carbonyl (C=O) groups excluding carboxylic acids is 1. The van der Waals surface area contributed by atoms with Crippen molar-refractivity contribution in [3.63, 3.8) is 0 Å². The second-order valence-corrected chi connectivity index (χ2v) is 29.2. The van der Waals surface area contributed by atoms with Crippen molar-refractivity contribution in [1.29, 1.82) is 0 Å². The molecule has 0 aromatic heterocycles. The molecule has 0 aromatic carbocycles. The maximum absolute atomic E-state index is 13.5. The Morgan fingerprint density at radius 3 is 1.01 bits per heavy atom. The van der Waals surface area contributed by atoms with Crippen molar-refractivity contribution in [3.8, 4) is 0 Å². The van der Waals surface area contributed by atoms with Crippen LogP contribution >= 0.6 is 0 Å². The van der Waals surface area contributed by atoms with Crippen LogP contribution in [0.2, 0.25) is 0 Å². The predicted octanol–water partition coefficient (Wildman–Crippen LogP) is 13.5. The molecule has 3 fully saturated rings. The Bertz CT molecular complexity index is 1930. The molecule has 3 heterocycles. The first kappa shape index (κ1) is 91.2. The zero-order valence-electron chi connectivity index (χ0n) is 62.2. The fourth-order valence-corrected chi connectivity index (χ4v) is 13.9. The standard InChI is InChI=1S/C80H149NO18/c1-3-5-7-9-11-13-15-17-19-21-23-25-27-29-30-31-32-34-36-38-40-42-44-46-48-50-52-54-56-58-68(86)81-63(64(85)57-55-53-51-49-47-45-43-41-39-37-35-33-28-26-24-22-20-18-16-14-12-10-8-6-4-2)62-94-78-74(92)71(89)76(66(60-83)96-78)99-80-75(93)72(90)77(67(61-84)97-80)98-79-73(91)70(88)69(87)65(59-82)95-79/h21,23,47,49,55,57,63-67,69-80,82-85,87-93H,3-20,22,24-46,48,50-54,56,58-62H2,1-2H3,(H,81,86)/b23-21-,49-47+,57-55+. The number of nitrogens with one attached hydrogen (secondary N) is 1. The van der Waals surface area contributed by atoms with Gasteiger partial charge in [-0.05, 0) is 57.8 Å². The van der Waals surface area contributed by atoms with Gasteiger partial charge in [0.15, 0.2) is 18.9 Å². The summed E-state index contributed by atoms with van der Waals surface area (Å²) in [4.78, 5) is 13.5. The van der Waals surface area contributed by atoms with E-state index in [9.17, 15) is 61.0 Å². The Morgan fingerprint density at radius 2 is 0.646 bits per heavy atom. The molecule has 17 unspecified atom stereocenters. The molecule has 0 aliphatic carbocycles. The number of rotatable bonds is 65. The van der Waals surface area contributed by atoms with E-state index in [0.717, 1.165) is 38.5 Å². The van der Waals surface area contributed by atoms with Gasteiger partial charge in [0.2, 0.25) is 5.91 Å². The van der Waals surface area contributed by atoms with Gasteiger partial charge in [-0.15, -0.1) is 0 Å². The average molecular weight is 1410 g/mol. The fourth-order valence-electron chi connectivity index (χ4n) is 13.9. The molecule has 0 saturated carbocycles. The maximum atomic E-state index is 13.5. The minimum atomic E-state index is -1.98. The van der Waals surface area contributed by atoms with E-state index in [2.05, 4.69) is 43.5 Å². The van der Waals surface area contributed by atoms with Crippen molar-refractivity contribution in [1.82, 2.24) is 5.32 Å². The van der Waals surface area contributed by atoms with Crippen LogP contribution in [-0.4, -0.2) is 193 Å². The van der Waals surface area contributed by atoms with Crippen LogP contribution in [-0.2, 0) is 33.2 Å². The van der Waals surface area contributed by atoms with Crippen LogP contribution in [0.4, 0.5) is 0 Å². The molecule has 582 valence electrons. The summed E-state index contributed by atoms with van der Waals surface area (Å²) in [5.41, 5.74) is 0. The molecular weight excluding hydrogens is 1260 g/mol. The summed E-state index contributed by atoms with van der Waals surface area (Å²) >= 11 is 0. The highest BCUT2D eigenvalue weighted by Gasteiger charge is 2.54. The van der Waals surface area contributed by atoms with Crippen LogP contribution in [0.5, 0.6) is 0 Å². The lowest BCUT2D eigenvalue weighted by atomic mass is 9.96. The van der Waals surface area contributed by atoms with Crippen molar-refractivity contribution in [3.05, 3.63) is 36.5 Å². The second kappa shape index (κ2) is 61.2. The first-order valence-corrected chi connectivity index (χ1v) is 40.7. The fraction of sp³-hybridized carbons (Fsp3) is 0.912. The molecule has 3 aliphatic rings. The molecule has 12 N–H and O–H groups in total. The number of hydrogen-bond donors (Lipinski definition) is 12. The molecule has 19 heteroatoms. The van der Waals surface area contributed by atoms with E-state index in [4.69, 9.17) is 28.4 Å². The van der Waals surface area contributed by atoms with E-state index in [-0.39, 0.29) is 18.9 Å². The molecule has 1 amide bonds. The predicted molar refractivity (Wildman–Crippen MR) is 393 cm³/mol. The summed E-state index contributed by atoms with van der Waals surface area (Å²) < 4.78 is 34.4. The first-order chi connectivity index (χ1) is 48.3. The molecule has 19 nitrogen and oxygen atoms in total. The van der Waals surface area contributed by atoms with Gasteiger partial charge in [0.1, 0.15) is 73.2 Å². The van der Waals surface area contributed by atoms with E-state index in [1.54, 1.807) is 6.08 Å². The van der Waals surface area contributed by atoms with Gasteiger partial charge in [0.05, 0.1) is 38.6 Å². The summed E-state index contributed by atoms with van der Waals surface area (Å²) in [5.74, 6) is -0.279. The van der Waals surface area contributed by atoms with Gasteiger partial charge in [-0.2, -0.15) is 0 Å². The zero-order chi connectivity index (χ0) is 71.8. The van der Waals surface area contributed by atoms with E-state index in [0.29, 0.717) is 12.8 Å². The van der Waals surface area contributed by atoms with E-state index >= 15 is 0 Å². The van der Waals surface area contributed by atoms with Gasteiger partial charge in [0, 0.05) is 6.42 Å². The van der Waals surface area contributed by atoms with Crippen molar-refractivity contribution in [2.45, 2.75) is 439 Å². The highest BCUT2D eigenvalue weighted by molar-refractivity contribution is 5.76. The molecule has 0 aromatic rings. The third-order valence-corrected chi connectivity index (χ3v) is 20.4. The molecule has 0 bridgehead atoms. The maximum Gasteiger partial charge on any atom is 0.220 e. The van der Waals surface area contributed by atoms with Gasteiger partial charge in [-0.25, -0.2) is 0 Å². The van der Waals surface area contributed by atoms with Gasteiger partial charge in [-0.1, -0.05) is 307 Å². The number of aliphatic hydroxyl groups is 11. The lowest BCUT2D eigenvalue weighted by Crippen LogP contribution is -2.66. The second-order valence-electron chi connectivity index (χ2n) is 29.2. The average Bonchev–Trinajstić information content (AvgIpc) is 0.785. The van der Waals surface area contributed by atoms with Crippen LogP contribution in [0.25, 0.3) is 0 Å². The summed E-state index contributed by atoms with van der Waals surface area (Å²) in [6, 6.07) is -0.990. The van der Waals surface area contributed by atoms with Crippen LogP contribution in [0.1, 0.15) is 335 Å². The number of allylic oxidation sites excluding steroid dienone is 5. The summed E-state index contributed by atoms with van der Waals surface area (Å²) in [6.07, 6.45) is 48.5. The first-order valence-electron chi connectivity index (χ1n) is 40.7. The summed E-state index contributed by atoms with van der Waals surface area (Å²) in [5, 5.41) is 121. The quantitative estimate of drug-likeness (QED) is 0.0199. The monoisotopic (exact) mass is 1410 g/mol. The van der Waals surface area contributed by atoms with E-state index in [1.807, 2.05) is 6.08 Å². The Morgan fingerprint density at radius 1 is 0.354 bits per heavy atom. The summed E-state index contributed by atoms with van der Waals surface area (Å²) in [6.45, 7) is 1.77. The zero-order valence-corrected chi connectivity index (χ0v) is 62.2. The highest BCUT2D eigenvalue weighted by Crippen LogP contribution is 2.33. The van der Waals surface area contributed by atoms with Crippen molar-refractivity contribution >= 4 is 5.91 Å². The molecule has 99 heavy (non-hydrogen) atoms. The van der Waals surface area contributed by atoms with Crippen LogP contribution in [0, 0.1) is 0 Å². The molecule has 3 aliphatic heterocycles. The van der Waals surface area contributed by atoms with Gasteiger partial charge in [0.25, 0.3) is 0 Å². The Balaban J connectivity index is 1.38. The number of aliphatic hydroxyl groups excluding tert-OH is 11. The number of amides is 1. The number of unbranched alkanes of at least 4 members (excludes halogenated alkanes) is 45. The SMILES string of the molecule is CCCCCCCCCC/C=C\CCCCCCCCCCCCCCCCCCCC(=O)NC(COC1OC(CO)C(OC2OC(CO)C(OC3OC(CO)C(O)C(O)C3O)C(O)C2O)C(O)C1O)C(O)/C=C/CC/C=C/CCCCCCCCCCCCCCCCCCCCC. The smallest absolute Gasteiger partial charge is 0.220 e. The topological polar surface area (TPSA) is 307 Å². The third-order valence-electron chi connectivity index (χ3n) is 20.4. The van der Waals surface area contributed by atoms with Gasteiger partial charge < -0.3 is 89.9 Å². The highest BCUT2D eigenvalue weighted by atomic mass is 16.8.